The number of alkyl halides is 3. The van der Waals surface area contributed by atoms with Crippen LogP contribution in [0.15, 0.2) is 12.7 Å². The number of rotatable bonds is 2. The molecule has 0 amide bonds. The van der Waals surface area contributed by atoms with E-state index in [1.165, 1.54) is 0 Å². The SMILES string of the molecule is FC(F)C(F)n1cncn1. The Bertz CT molecular complexity index is 186. The van der Waals surface area contributed by atoms with Crippen LogP contribution in [0.2, 0.25) is 0 Å². The van der Waals surface area contributed by atoms with E-state index in [0.29, 0.717) is 4.68 Å². The molecule has 0 bridgehead atoms. The second kappa shape index (κ2) is 2.68. The molecule has 0 fully saturated rings. The average molecular weight is 151 g/mol. The maximum Gasteiger partial charge on any atom is 0.289 e. The first-order valence-corrected chi connectivity index (χ1v) is 2.48. The smallest absolute Gasteiger partial charge is 0.223 e. The third-order valence-electron chi connectivity index (χ3n) is 0.897. The van der Waals surface area contributed by atoms with Gasteiger partial charge in [-0.2, -0.15) is 5.10 Å². The summed E-state index contributed by atoms with van der Waals surface area (Å²) in [6.07, 6.45) is -3.55. The van der Waals surface area contributed by atoms with Crippen LogP contribution in [0.25, 0.3) is 0 Å². The Labute approximate surface area is 54.5 Å². The lowest BCUT2D eigenvalue weighted by Crippen LogP contribution is -2.12. The lowest BCUT2D eigenvalue weighted by Gasteiger charge is -2.04. The third kappa shape index (κ3) is 1.26. The zero-order valence-electron chi connectivity index (χ0n) is 4.78. The Morgan fingerprint density at radius 3 is 2.40 bits per heavy atom. The van der Waals surface area contributed by atoms with E-state index in [4.69, 9.17) is 0 Å². The van der Waals surface area contributed by atoms with Crippen LogP contribution in [0.5, 0.6) is 0 Å². The quantitative estimate of drug-likeness (QED) is 0.631. The van der Waals surface area contributed by atoms with Gasteiger partial charge >= 0.3 is 0 Å². The van der Waals surface area contributed by atoms with E-state index in [0.717, 1.165) is 12.7 Å². The molecule has 0 aliphatic carbocycles. The van der Waals surface area contributed by atoms with Crippen molar-refractivity contribution in [3.8, 4) is 0 Å². The lowest BCUT2D eigenvalue weighted by molar-refractivity contribution is 0.000555. The van der Waals surface area contributed by atoms with Gasteiger partial charge in [0.05, 0.1) is 0 Å². The maximum atomic E-state index is 12.2. The molecule has 6 heteroatoms. The molecule has 0 saturated carbocycles. The molecule has 3 nitrogen and oxygen atoms in total. The molecule has 0 radical (unpaired) electrons. The first-order valence-electron chi connectivity index (χ1n) is 2.48. The summed E-state index contributed by atoms with van der Waals surface area (Å²) < 4.78 is 35.7. The summed E-state index contributed by atoms with van der Waals surface area (Å²) in [4.78, 5) is 3.30. The summed E-state index contributed by atoms with van der Waals surface area (Å²) >= 11 is 0. The van der Waals surface area contributed by atoms with Crippen LogP contribution in [0, 0.1) is 0 Å². The molecule has 1 atom stereocenters. The molecule has 1 rings (SSSR count). The van der Waals surface area contributed by atoms with E-state index >= 15 is 0 Å². The topological polar surface area (TPSA) is 30.7 Å². The summed E-state index contributed by atoms with van der Waals surface area (Å²) in [5, 5.41) is 3.19. The first kappa shape index (κ1) is 7.04. The van der Waals surface area contributed by atoms with Gasteiger partial charge in [-0.3, -0.25) is 0 Å². The third-order valence-corrected chi connectivity index (χ3v) is 0.897. The van der Waals surface area contributed by atoms with Crippen LogP contribution in [-0.2, 0) is 0 Å². The monoisotopic (exact) mass is 151 g/mol. The number of hydrogen-bond acceptors (Lipinski definition) is 2. The van der Waals surface area contributed by atoms with Gasteiger partial charge in [-0.1, -0.05) is 0 Å². The summed E-state index contributed by atoms with van der Waals surface area (Å²) in [6.45, 7) is 0. The summed E-state index contributed by atoms with van der Waals surface area (Å²) in [6, 6.07) is 0. The van der Waals surface area contributed by atoms with E-state index in [1.807, 2.05) is 0 Å². The van der Waals surface area contributed by atoms with Gasteiger partial charge < -0.3 is 0 Å². The molecule has 0 saturated heterocycles. The van der Waals surface area contributed by atoms with Crippen molar-refractivity contribution in [1.82, 2.24) is 14.8 Å². The minimum absolute atomic E-state index is 0.463. The van der Waals surface area contributed by atoms with Crippen molar-refractivity contribution in [3.05, 3.63) is 12.7 Å². The molecule has 1 unspecified atom stereocenters. The lowest BCUT2D eigenvalue weighted by atomic mass is 10.6. The minimum Gasteiger partial charge on any atom is -0.223 e. The van der Waals surface area contributed by atoms with Gasteiger partial charge in [0.2, 0.25) is 0 Å². The van der Waals surface area contributed by atoms with E-state index < -0.39 is 12.7 Å². The van der Waals surface area contributed by atoms with Crippen molar-refractivity contribution < 1.29 is 13.2 Å². The molecule has 1 aromatic rings. The van der Waals surface area contributed by atoms with Gasteiger partial charge in [0, 0.05) is 0 Å². The van der Waals surface area contributed by atoms with E-state index in [1.54, 1.807) is 0 Å². The largest absolute Gasteiger partial charge is 0.289 e. The van der Waals surface area contributed by atoms with E-state index in [-0.39, 0.29) is 0 Å². The van der Waals surface area contributed by atoms with Crippen molar-refractivity contribution in [2.75, 3.05) is 0 Å². The van der Waals surface area contributed by atoms with Crippen molar-refractivity contribution in [1.29, 1.82) is 0 Å². The fourth-order valence-electron chi connectivity index (χ4n) is 0.460. The number of hydrogen-bond donors (Lipinski definition) is 0. The summed E-state index contributed by atoms with van der Waals surface area (Å²) in [5.41, 5.74) is 0. The molecule has 1 aromatic heterocycles. The van der Waals surface area contributed by atoms with Crippen molar-refractivity contribution in [2.45, 2.75) is 12.7 Å². The number of nitrogens with zero attached hydrogens (tertiary/aromatic N) is 3. The Morgan fingerprint density at radius 1 is 1.30 bits per heavy atom. The molecule has 0 aliphatic rings. The van der Waals surface area contributed by atoms with Crippen molar-refractivity contribution in [3.63, 3.8) is 0 Å². The Kier molecular flexibility index (Phi) is 1.88. The van der Waals surface area contributed by atoms with Gasteiger partial charge in [-0.05, 0) is 0 Å². The first-order chi connectivity index (χ1) is 4.72. The highest BCUT2D eigenvalue weighted by Gasteiger charge is 2.20. The van der Waals surface area contributed by atoms with Gasteiger partial charge in [0.15, 0.2) is 0 Å². The fraction of sp³-hybridized carbons (Fsp3) is 0.500. The van der Waals surface area contributed by atoms with Gasteiger partial charge in [-0.25, -0.2) is 22.8 Å². The number of aromatic nitrogens is 3. The molecule has 0 aromatic carbocycles. The molecular weight excluding hydrogens is 147 g/mol. The minimum atomic E-state index is -3.05. The molecular formula is C4H4F3N3. The zero-order chi connectivity index (χ0) is 7.56. The van der Waals surface area contributed by atoms with Crippen LogP contribution in [0.3, 0.4) is 0 Å². The van der Waals surface area contributed by atoms with Gasteiger partial charge in [-0.15, -0.1) is 0 Å². The van der Waals surface area contributed by atoms with E-state index in [9.17, 15) is 13.2 Å². The Morgan fingerprint density at radius 2 is 2.00 bits per heavy atom. The van der Waals surface area contributed by atoms with Gasteiger partial charge in [0.1, 0.15) is 12.7 Å². The van der Waals surface area contributed by atoms with Crippen LogP contribution < -0.4 is 0 Å². The van der Waals surface area contributed by atoms with Crippen LogP contribution in [0.4, 0.5) is 13.2 Å². The van der Waals surface area contributed by atoms with Crippen LogP contribution >= 0.6 is 0 Å². The normalized spacial score (nSPS) is 14.0. The molecule has 0 aliphatic heterocycles. The highest BCUT2D eigenvalue weighted by Crippen LogP contribution is 2.14. The maximum absolute atomic E-state index is 12.2. The Balaban J connectivity index is 2.68. The summed E-state index contributed by atoms with van der Waals surface area (Å²) in [5.74, 6) is 0. The predicted octanol–water partition coefficient (Wildman–Crippen LogP) is 1.01. The number of halogens is 3. The van der Waals surface area contributed by atoms with Crippen molar-refractivity contribution >= 4 is 0 Å². The average Bonchev–Trinajstić information content (AvgIpc) is 2.36. The predicted molar refractivity (Wildman–Crippen MR) is 26.2 cm³/mol. The highest BCUT2D eigenvalue weighted by molar-refractivity contribution is 4.61. The fourth-order valence-corrected chi connectivity index (χ4v) is 0.460. The molecule has 0 N–H and O–H groups in total. The summed E-state index contributed by atoms with van der Waals surface area (Å²) in [7, 11) is 0. The van der Waals surface area contributed by atoms with Gasteiger partial charge in [0.25, 0.3) is 12.7 Å². The second-order valence-electron chi connectivity index (χ2n) is 1.58. The Hall–Kier alpha value is -1.07. The van der Waals surface area contributed by atoms with Crippen molar-refractivity contribution in [2.24, 2.45) is 0 Å². The molecule has 56 valence electrons. The van der Waals surface area contributed by atoms with E-state index in [2.05, 4.69) is 10.1 Å². The molecule has 10 heavy (non-hydrogen) atoms. The standard InChI is InChI=1S/C4H4F3N3/c5-3(6)4(7)10-2-8-1-9-10/h1-4H. The van der Waals surface area contributed by atoms with Crippen LogP contribution in [0.1, 0.15) is 6.30 Å². The highest BCUT2D eigenvalue weighted by atomic mass is 19.3. The zero-order valence-corrected chi connectivity index (χ0v) is 4.78. The molecule has 1 heterocycles. The van der Waals surface area contributed by atoms with Crippen LogP contribution in [-0.4, -0.2) is 21.2 Å². The second-order valence-corrected chi connectivity index (χ2v) is 1.58. The molecule has 0 spiro atoms.